The van der Waals surface area contributed by atoms with Crippen molar-refractivity contribution in [1.29, 1.82) is 0 Å². The van der Waals surface area contributed by atoms with Gasteiger partial charge >= 0.3 is 17.1 Å². The second-order valence-electron chi connectivity index (χ2n) is 5.22. The van der Waals surface area contributed by atoms with Gasteiger partial charge in [0.1, 0.15) is 0 Å². The van der Waals surface area contributed by atoms with Crippen LogP contribution in [0, 0.1) is 26.7 Å². The average molecular weight is 282 g/mol. The molecule has 0 radical (unpaired) electrons. The smallest absolute Gasteiger partial charge is 0.358 e. The molecule has 2 rings (SSSR count). The van der Waals surface area contributed by atoms with Crippen molar-refractivity contribution in [3.63, 3.8) is 0 Å². The van der Waals surface area contributed by atoms with Gasteiger partial charge in [0.2, 0.25) is 0 Å². The molecule has 0 heterocycles. The van der Waals surface area contributed by atoms with E-state index in [4.69, 9.17) is 0 Å². The first kappa shape index (κ1) is 22.7. The normalized spacial score (nSPS) is 25.8. The molecule has 0 N–H and O–H groups in total. The van der Waals surface area contributed by atoms with Gasteiger partial charge in [0.25, 0.3) is 0 Å². The van der Waals surface area contributed by atoms with E-state index in [1.807, 2.05) is 0 Å². The van der Waals surface area contributed by atoms with Gasteiger partial charge in [-0.05, 0) is 11.8 Å². The van der Waals surface area contributed by atoms with Gasteiger partial charge in [0, 0.05) is 0 Å². The summed E-state index contributed by atoms with van der Waals surface area (Å²) >= 11 is 0. The van der Waals surface area contributed by atoms with Crippen LogP contribution in [0.5, 0.6) is 0 Å². The molecule has 0 nitrogen and oxygen atoms in total. The summed E-state index contributed by atoms with van der Waals surface area (Å²) in [7, 11) is 0. The maximum atomic E-state index is 2.41. The van der Waals surface area contributed by atoms with E-state index in [1.165, 1.54) is 64.2 Å². The van der Waals surface area contributed by atoms with Gasteiger partial charge in [0.05, 0.1) is 0 Å². The van der Waals surface area contributed by atoms with Crippen LogP contribution in [0.1, 0.15) is 78.1 Å². The number of rotatable bonds is 2. The molecule has 0 bridgehead atoms. The summed E-state index contributed by atoms with van der Waals surface area (Å²) in [6, 6.07) is 0. The van der Waals surface area contributed by atoms with E-state index in [1.54, 1.807) is 0 Å². The molecule has 0 aromatic rings. The molecule has 0 aliphatic heterocycles. The number of hydrogen-bond donors (Lipinski definition) is 0. The van der Waals surface area contributed by atoms with Gasteiger partial charge in [-0.25, -0.2) is 0 Å². The molecule has 2 saturated carbocycles. The second-order valence-corrected chi connectivity index (χ2v) is 5.22. The molecule has 0 aromatic heterocycles. The summed E-state index contributed by atoms with van der Waals surface area (Å²) in [4.78, 5) is 0. The minimum absolute atomic E-state index is 0. The van der Waals surface area contributed by atoms with E-state index in [-0.39, 0.29) is 31.9 Å². The molecule has 2 unspecified atom stereocenters. The third-order valence-corrected chi connectivity index (χ3v) is 3.95. The predicted molar refractivity (Wildman–Crippen MR) is 77.3 cm³/mol. The Labute approximate surface area is 122 Å². The van der Waals surface area contributed by atoms with E-state index in [2.05, 4.69) is 13.8 Å². The molecule has 2 fully saturated rings. The molecule has 0 aromatic carbocycles. The average Bonchev–Trinajstić information content (AvgIpc) is 2.81. The molecule has 2 atom stereocenters. The van der Waals surface area contributed by atoms with Crippen LogP contribution in [0.15, 0.2) is 0 Å². The fraction of sp³-hybridized carbons (Fsp3) is 0.875. The van der Waals surface area contributed by atoms with Crippen LogP contribution in [0.2, 0.25) is 0 Å². The number of hydrogen-bond acceptors (Lipinski definition) is 0. The minimum atomic E-state index is 0. The van der Waals surface area contributed by atoms with Crippen LogP contribution < -0.4 is 0 Å². The fourth-order valence-corrected chi connectivity index (χ4v) is 2.91. The molecule has 0 saturated heterocycles. The Morgan fingerprint density at radius 2 is 1.29 bits per heavy atom. The van der Waals surface area contributed by atoms with Gasteiger partial charge in [0.15, 0.2) is 0 Å². The van der Waals surface area contributed by atoms with Crippen molar-refractivity contribution in [3.05, 3.63) is 14.9 Å². The molecule has 0 amide bonds. The van der Waals surface area contributed by atoms with Gasteiger partial charge < -0.3 is 14.9 Å². The van der Waals surface area contributed by atoms with Crippen LogP contribution in [0.4, 0.5) is 0 Å². The third kappa shape index (κ3) is 10.2. The van der Waals surface area contributed by atoms with Crippen LogP contribution in [-0.2, 0) is 17.1 Å². The first-order valence-corrected chi connectivity index (χ1v) is 6.84. The topological polar surface area (TPSA) is 0 Å². The van der Waals surface area contributed by atoms with Crippen LogP contribution in [0.25, 0.3) is 0 Å². The Balaban J connectivity index is -0.000000216. The quantitative estimate of drug-likeness (QED) is 0.426. The van der Waals surface area contributed by atoms with E-state index < -0.39 is 0 Å². The van der Waals surface area contributed by atoms with E-state index >= 15 is 0 Å². The zero-order chi connectivity index (χ0) is 10.2. The molecule has 0 spiro atoms. The summed E-state index contributed by atoms with van der Waals surface area (Å²) < 4.78 is 0. The maximum absolute atomic E-state index is 2.41. The maximum Gasteiger partial charge on any atom is 2.00 e. The minimum Gasteiger partial charge on any atom is -0.358 e. The third-order valence-electron chi connectivity index (χ3n) is 3.95. The molecular formula is C16H34Fe. The Morgan fingerprint density at radius 3 is 1.59 bits per heavy atom. The summed E-state index contributed by atoms with van der Waals surface area (Å²) in [6.45, 7) is 4.71. The van der Waals surface area contributed by atoms with Gasteiger partial charge in [-0.15, -0.1) is 0 Å². The zero-order valence-corrected chi connectivity index (χ0v) is 13.7. The first-order chi connectivity index (χ1) is 6.84. The summed E-state index contributed by atoms with van der Waals surface area (Å²) in [5.74, 6) is 2.11. The molecular weight excluding hydrogens is 248 g/mol. The van der Waals surface area contributed by atoms with Crippen LogP contribution in [0.3, 0.4) is 0 Å². The van der Waals surface area contributed by atoms with Crippen molar-refractivity contribution in [3.8, 4) is 0 Å². The molecule has 2 aliphatic rings. The SMILES string of the molecule is C1CCCC1.CCCC1CCCC1C.[CH3-].[CH3-].[Fe+2]. The van der Waals surface area contributed by atoms with Crippen molar-refractivity contribution in [2.45, 2.75) is 78.1 Å². The first-order valence-electron chi connectivity index (χ1n) is 6.84. The Kier molecular flexibility index (Phi) is 19.5. The van der Waals surface area contributed by atoms with Crippen molar-refractivity contribution < 1.29 is 17.1 Å². The van der Waals surface area contributed by atoms with Gasteiger partial charge in [-0.3, -0.25) is 0 Å². The Bertz CT molecular complexity index is 122. The predicted octanol–water partition coefficient (Wildman–Crippen LogP) is 6.07. The van der Waals surface area contributed by atoms with Crippen molar-refractivity contribution >= 4 is 0 Å². The van der Waals surface area contributed by atoms with Gasteiger partial charge in [-0.1, -0.05) is 78.1 Å². The largest absolute Gasteiger partial charge is 2.00 e. The van der Waals surface area contributed by atoms with Crippen molar-refractivity contribution in [1.82, 2.24) is 0 Å². The van der Waals surface area contributed by atoms with Crippen molar-refractivity contribution in [2.75, 3.05) is 0 Å². The second kappa shape index (κ2) is 14.6. The van der Waals surface area contributed by atoms with E-state index in [9.17, 15) is 0 Å². The monoisotopic (exact) mass is 282 g/mol. The fourth-order valence-electron chi connectivity index (χ4n) is 2.91. The molecule has 2 aliphatic carbocycles. The molecule has 17 heavy (non-hydrogen) atoms. The Hall–Kier alpha value is 0.519. The summed E-state index contributed by atoms with van der Waals surface area (Å²) in [5, 5.41) is 0. The van der Waals surface area contributed by atoms with E-state index in [0.717, 1.165) is 11.8 Å². The summed E-state index contributed by atoms with van der Waals surface area (Å²) in [6.07, 6.45) is 14.8. The van der Waals surface area contributed by atoms with Crippen LogP contribution >= 0.6 is 0 Å². The Morgan fingerprint density at radius 1 is 0.824 bits per heavy atom. The zero-order valence-electron chi connectivity index (χ0n) is 12.6. The molecule has 106 valence electrons. The van der Waals surface area contributed by atoms with E-state index in [0.29, 0.717) is 0 Å². The molecule has 1 heteroatoms. The standard InChI is InChI=1S/C9H18.C5H10.2CH3.Fe/c1-3-5-9-7-4-6-8(9)2;1-2-4-5-3-1;;;/h8-9H,3-7H2,1-2H3;1-5H2;2*1H3;/q;;2*-1;+2. The van der Waals surface area contributed by atoms with Crippen molar-refractivity contribution in [2.24, 2.45) is 11.8 Å². The van der Waals surface area contributed by atoms with Gasteiger partial charge in [-0.2, -0.15) is 0 Å². The van der Waals surface area contributed by atoms with Crippen LogP contribution in [-0.4, -0.2) is 0 Å². The summed E-state index contributed by atoms with van der Waals surface area (Å²) in [5.41, 5.74) is 0.